The summed E-state index contributed by atoms with van der Waals surface area (Å²) < 4.78 is 0. The zero-order chi connectivity index (χ0) is 10.6. The van der Waals surface area contributed by atoms with Crippen LogP contribution in [0, 0.1) is 0 Å². The van der Waals surface area contributed by atoms with Gasteiger partial charge in [0.15, 0.2) is 0 Å². The molecule has 1 heteroatoms. The highest BCUT2D eigenvalue weighted by Crippen LogP contribution is 2.32. The van der Waals surface area contributed by atoms with Crippen LogP contribution < -0.4 is 5.73 Å². The zero-order valence-corrected chi connectivity index (χ0v) is 9.93. The van der Waals surface area contributed by atoms with Crippen LogP contribution in [0.15, 0.2) is 11.6 Å². The smallest absolute Gasteiger partial charge is 0.0157 e. The average molecular weight is 207 g/mol. The molecular formula is C14H25N. The van der Waals surface area contributed by atoms with Crippen molar-refractivity contribution in [1.29, 1.82) is 0 Å². The molecule has 0 saturated heterocycles. The van der Waals surface area contributed by atoms with Crippen molar-refractivity contribution < 1.29 is 0 Å². The van der Waals surface area contributed by atoms with Crippen LogP contribution in [0.3, 0.4) is 0 Å². The Hall–Kier alpha value is -0.300. The van der Waals surface area contributed by atoms with Crippen molar-refractivity contribution in [3.63, 3.8) is 0 Å². The van der Waals surface area contributed by atoms with E-state index in [9.17, 15) is 0 Å². The van der Waals surface area contributed by atoms with Gasteiger partial charge >= 0.3 is 0 Å². The standard InChI is InChI=1S/C14H25N/c15-14(10-5-2-6-11-14)12-9-13-7-3-1-4-8-13/h7H,1-6,8-12,15H2. The molecule has 2 aliphatic carbocycles. The third-order valence-corrected chi connectivity index (χ3v) is 4.18. The molecule has 0 radical (unpaired) electrons. The quantitative estimate of drug-likeness (QED) is 0.697. The Labute approximate surface area is 94.1 Å². The molecule has 0 aliphatic heterocycles. The predicted molar refractivity (Wildman–Crippen MR) is 65.8 cm³/mol. The lowest BCUT2D eigenvalue weighted by Crippen LogP contribution is -2.41. The van der Waals surface area contributed by atoms with Gasteiger partial charge in [-0.2, -0.15) is 0 Å². The Morgan fingerprint density at radius 2 is 1.87 bits per heavy atom. The first-order valence-electron chi connectivity index (χ1n) is 6.75. The number of hydrogen-bond donors (Lipinski definition) is 1. The van der Waals surface area contributed by atoms with Crippen LogP contribution in [0.1, 0.15) is 70.6 Å². The van der Waals surface area contributed by atoms with Crippen LogP contribution in [0.25, 0.3) is 0 Å². The monoisotopic (exact) mass is 207 g/mol. The molecule has 0 bridgehead atoms. The molecule has 1 fully saturated rings. The zero-order valence-electron chi connectivity index (χ0n) is 9.93. The molecule has 2 N–H and O–H groups in total. The molecule has 0 aromatic heterocycles. The van der Waals surface area contributed by atoms with Crippen molar-refractivity contribution in [3.8, 4) is 0 Å². The average Bonchev–Trinajstić information content (AvgIpc) is 2.29. The van der Waals surface area contributed by atoms with E-state index in [-0.39, 0.29) is 5.54 Å². The molecule has 86 valence electrons. The maximum Gasteiger partial charge on any atom is 0.0157 e. The summed E-state index contributed by atoms with van der Waals surface area (Å²) >= 11 is 0. The van der Waals surface area contributed by atoms with Crippen LogP contribution in [-0.2, 0) is 0 Å². The summed E-state index contributed by atoms with van der Waals surface area (Å²) in [4.78, 5) is 0. The first-order valence-corrected chi connectivity index (χ1v) is 6.75. The minimum Gasteiger partial charge on any atom is -0.325 e. The van der Waals surface area contributed by atoms with Gasteiger partial charge in [-0.15, -0.1) is 0 Å². The first-order chi connectivity index (χ1) is 7.29. The number of rotatable bonds is 3. The second kappa shape index (κ2) is 5.16. The minimum atomic E-state index is 0.191. The van der Waals surface area contributed by atoms with Gasteiger partial charge in [-0.1, -0.05) is 30.9 Å². The third-order valence-electron chi connectivity index (χ3n) is 4.18. The summed E-state index contributed by atoms with van der Waals surface area (Å²) in [6, 6.07) is 0. The van der Waals surface area contributed by atoms with E-state index in [1.54, 1.807) is 5.57 Å². The van der Waals surface area contributed by atoms with Gasteiger partial charge in [0.1, 0.15) is 0 Å². The van der Waals surface area contributed by atoms with Crippen molar-refractivity contribution >= 4 is 0 Å². The highest BCUT2D eigenvalue weighted by Gasteiger charge is 2.26. The fourth-order valence-electron chi connectivity index (χ4n) is 3.05. The van der Waals surface area contributed by atoms with Crippen LogP contribution in [0.2, 0.25) is 0 Å². The predicted octanol–water partition coefficient (Wildman–Crippen LogP) is 3.93. The number of nitrogens with two attached hydrogens (primary N) is 1. The van der Waals surface area contributed by atoms with E-state index >= 15 is 0 Å². The van der Waals surface area contributed by atoms with Crippen LogP contribution in [-0.4, -0.2) is 5.54 Å². The van der Waals surface area contributed by atoms with E-state index in [2.05, 4.69) is 6.08 Å². The van der Waals surface area contributed by atoms with Crippen LogP contribution >= 0.6 is 0 Å². The summed E-state index contributed by atoms with van der Waals surface area (Å²) in [5.41, 5.74) is 8.33. The largest absolute Gasteiger partial charge is 0.325 e. The van der Waals surface area contributed by atoms with Gasteiger partial charge < -0.3 is 5.73 Å². The lowest BCUT2D eigenvalue weighted by molar-refractivity contribution is 0.277. The molecule has 0 atom stereocenters. The van der Waals surface area contributed by atoms with Gasteiger partial charge in [0, 0.05) is 5.54 Å². The lowest BCUT2D eigenvalue weighted by atomic mass is 9.78. The Morgan fingerprint density at radius 3 is 2.53 bits per heavy atom. The van der Waals surface area contributed by atoms with Gasteiger partial charge in [0.25, 0.3) is 0 Å². The summed E-state index contributed by atoms with van der Waals surface area (Å²) in [5.74, 6) is 0. The second-order valence-electron chi connectivity index (χ2n) is 5.53. The Bertz CT molecular complexity index is 223. The van der Waals surface area contributed by atoms with Gasteiger partial charge in [-0.05, 0) is 51.4 Å². The summed E-state index contributed by atoms with van der Waals surface area (Å²) in [7, 11) is 0. The number of hydrogen-bond acceptors (Lipinski definition) is 1. The fourth-order valence-corrected chi connectivity index (χ4v) is 3.05. The lowest BCUT2D eigenvalue weighted by Gasteiger charge is -2.34. The van der Waals surface area contributed by atoms with Gasteiger partial charge in [-0.3, -0.25) is 0 Å². The van der Waals surface area contributed by atoms with Crippen LogP contribution in [0.4, 0.5) is 0 Å². The highest BCUT2D eigenvalue weighted by molar-refractivity contribution is 5.06. The molecule has 2 rings (SSSR count). The second-order valence-corrected chi connectivity index (χ2v) is 5.53. The molecule has 0 amide bonds. The van der Waals surface area contributed by atoms with E-state index < -0.39 is 0 Å². The fraction of sp³-hybridized carbons (Fsp3) is 0.857. The Kier molecular flexibility index (Phi) is 3.85. The van der Waals surface area contributed by atoms with Crippen molar-refractivity contribution in [3.05, 3.63) is 11.6 Å². The Morgan fingerprint density at radius 1 is 1.07 bits per heavy atom. The SMILES string of the molecule is NC1(CCC2=CCCCC2)CCCCC1. The van der Waals surface area contributed by atoms with Crippen molar-refractivity contribution in [2.45, 2.75) is 76.2 Å². The molecular weight excluding hydrogens is 182 g/mol. The summed E-state index contributed by atoms with van der Waals surface area (Å²) in [6.07, 6.45) is 17.1. The van der Waals surface area contributed by atoms with Crippen LogP contribution in [0.5, 0.6) is 0 Å². The first kappa shape index (κ1) is 11.2. The molecule has 0 heterocycles. The normalized spacial score (nSPS) is 26.1. The topological polar surface area (TPSA) is 26.0 Å². The molecule has 0 aromatic rings. The van der Waals surface area contributed by atoms with Gasteiger partial charge in [0.2, 0.25) is 0 Å². The van der Waals surface area contributed by atoms with Crippen molar-refractivity contribution in [2.75, 3.05) is 0 Å². The molecule has 1 nitrogen and oxygen atoms in total. The molecule has 0 spiro atoms. The molecule has 2 aliphatic rings. The summed E-state index contributed by atoms with van der Waals surface area (Å²) in [6.45, 7) is 0. The maximum absolute atomic E-state index is 6.45. The van der Waals surface area contributed by atoms with E-state index in [0.717, 1.165) is 0 Å². The number of allylic oxidation sites excluding steroid dienone is 2. The van der Waals surface area contributed by atoms with Gasteiger partial charge in [0.05, 0.1) is 0 Å². The Balaban J connectivity index is 1.78. The molecule has 0 unspecified atom stereocenters. The summed E-state index contributed by atoms with van der Waals surface area (Å²) in [5, 5.41) is 0. The van der Waals surface area contributed by atoms with E-state index in [1.807, 2.05) is 0 Å². The highest BCUT2D eigenvalue weighted by atomic mass is 14.7. The maximum atomic E-state index is 6.45. The molecule has 15 heavy (non-hydrogen) atoms. The van der Waals surface area contributed by atoms with Crippen molar-refractivity contribution in [2.24, 2.45) is 5.73 Å². The van der Waals surface area contributed by atoms with E-state index in [4.69, 9.17) is 5.73 Å². The third kappa shape index (κ3) is 3.34. The molecule has 1 saturated carbocycles. The minimum absolute atomic E-state index is 0.191. The van der Waals surface area contributed by atoms with Crippen molar-refractivity contribution in [1.82, 2.24) is 0 Å². The van der Waals surface area contributed by atoms with Gasteiger partial charge in [-0.25, -0.2) is 0 Å². The van der Waals surface area contributed by atoms with E-state index in [0.29, 0.717) is 0 Å². The van der Waals surface area contributed by atoms with E-state index in [1.165, 1.54) is 70.6 Å². The molecule has 0 aromatic carbocycles.